The van der Waals surface area contributed by atoms with Crippen molar-refractivity contribution in [2.75, 3.05) is 13.6 Å². The highest BCUT2D eigenvalue weighted by atomic mass is 16.1. The SMILES string of the molecule is CN[C@@]1(C)CCCCn2nncc2C[C@@](C)(C(C)=O)NCC1=O. The molecule has 2 rings (SSSR count). The highest BCUT2D eigenvalue weighted by Crippen LogP contribution is 2.19. The van der Waals surface area contributed by atoms with Gasteiger partial charge in [0.25, 0.3) is 0 Å². The summed E-state index contributed by atoms with van der Waals surface area (Å²) in [5, 5.41) is 14.4. The highest BCUT2D eigenvalue weighted by Gasteiger charge is 2.36. The van der Waals surface area contributed by atoms with E-state index in [1.54, 1.807) is 13.1 Å². The van der Waals surface area contributed by atoms with E-state index in [1.165, 1.54) is 0 Å². The van der Waals surface area contributed by atoms with Crippen molar-refractivity contribution in [3.63, 3.8) is 0 Å². The molecule has 2 N–H and O–H groups in total. The van der Waals surface area contributed by atoms with Gasteiger partial charge in [-0.3, -0.25) is 14.9 Å². The number of nitrogens with one attached hydrogen (secondary N) is 2. The van der Waals surface area contributed by atoms with E-state index in [1.807, 2.05) is 25.6 Å². The molecule has 0 radical (unpaired) electrons. The van der Waals surface area contributed by atoms with Gasteiger partial charge < -0.3 is 5.32 Å². The van der Waals surface area contributed by atoms with Crippen molar-refractivity contribution in [2.45, 2.75) is 64.1 Å². The number of nitrogens with zero attached hydrogens (tertiary/aromatic N) is 3. The molecule has 23 heavy (non-hydrogen) atoms. The average molecular weight is 321 g/mol. The van der Waals surface area contributed by atoms with Crippen molar-refractivity contribution in [1.82, 2.24) is 25.6 Å². The standard InChI is InChI=1S/C16H27N5O2/c1-12(22)16(3)9-13-10-19-20-21(13)8-6-5-7-15(2,17-4)14(23)11-18-16/h10,17-18H,5-9,11H2,1-4H3/t15-,16-/m0/s1. The van der Waals surface area contributed by atoms with Crippen LogP contribution in [0.4, 0.5) is 0 Å². The minimum absolute atomic E-state index is 0.00118. The van der Waals surface area contributed by atoms with Crippen LogP contribution < -0.4 is 10.6 Å². The number of aromatic nitrogens is 3. The minimum Gasteiger partial charge on any atom is -0.308 e. The number of hydrogen-bond donors (Lipinski definition) is 2. The van der Waals surface area contributed by atoms with E-state index in [0.717, 1.165) is 31.5 Å². The van der Waals surface area contributed by atoms with Gasteiger partial charge in [-0.05, 0) is 47.1 Å². The van der Waals surface area contributed by atoms with Gasteiger partial charge in [-0.25, -0.2) is 4.68 Å². The zero-order valence-corrected chi connectivity index (χ0v) is 14.5. The first-order valence-corrected chi connectivity index (χ1v) is 8.16. The fourth-order valence-electron chi connectivity index (χ4n) is 2.89. The van der Waals surface area contributed by atoms with Crippen molar-refractivity contribution < 1.29 is 9.59 Å². The molecule has 0 saturated carbocycles. The van der Waals surface area contributed by atoms with Crippen LogP contribution >= 0.6 is 0 Å². The van der Waals surface area contributed by atoms with E-state index < -0.39 is 11.1 Å². The van der Waals surface area contributed by atoms with Crippen LogP contribution in [-0.4, -0.2) is 51.2 Å². The molecule has 0 amide bonds. The molecule has 0 bridgehead atoms. The first-order chi connectivity index (χ1) is 10.8. The number of aryl methyl sites for hydroxylation is 1. The molecule has 1 aliphatic rings. The van der Waals surface area contributed by atoms with Crippen molar-refractivity contribution in [1.29, 1.82) is 0 Å². The largest absolute Gasteiger partial charge is 0.308 e. The number of carbonyl (C=O) groups is 2. The maximum atomic E-state index is 12.6. The Morgan fingerprint density at radius 1 is 1.39 bits per heavy atom. The van der Waals surface area contributed by atoms with Crippen molar-refractivity contribution in [2.24, 2.45) is 0 Å². The number of ketones is 2. The molecular formula is C16H27N5O2. The molecule has 0 unspecified atom stereocenters. The number of Topliss-reactive ketones (excluding diaryl/α,β-unsaturated/α-hetero) is 2. The molecule has 1 aromatic heterocycles. The third-order valence-electron chi connectivity index (χ3n) is 5.11. The number of hydrogen-bond acceptors (Lipinski definition) is 6. The Kier molecular flexibility index (Phi) is 5.31. The van der Waals surface area contributed by atoms with Crippen LogP contribution in [0.3, 0.4) is 0 Å². The van der Waals surface area contributed by atoms with Gasteiger partial charge in [-0.1, -0.05) is 5.21 Å². The normalized spacial score (nSPS) is 30.2. The predicted molar refractivity (Wildman–Crippen MR) is 87.1 cm³/mol. The number of likely N-dealkylation sites (N-methyl/N-ethyl adjacent to an activating group) is 1. The molecule has 7 nitrogen and oxygen atoms in total. The summed E-state index contributed by atoms with van der Waals surface area (Å²) in [6, 6.07) is 0. The fourth-order valence-corrected chi connectivity index (χ4v) is 2.89. The Morgan fingerprint density at radius 2 is 2.13 bits per heavy atom. The van der Waals surface area contributed by atoms with Crippen LogP contribution in [0.1, 0.15) is 45.7 Å². The molecule has 2 atom stereocenters. The molecule has 1 aliphatic heterocycles. The molecule has 2 heterocycles. The first-order valence-electron chi connectivity index (χ1n) is 8.16. The molecular weight excluding hydrogens is 294 g/mol. The lowest BCUT2D eigenvalue weighted by atomic mass is 9.87. The van der Waals surface area contributed by atoms with E-state index in [-0.39, 0.29) is 18.1 Å². The summed E-state index contributed by atoms with van der Waals surface area (Å²) in [5.41, 5.74) is -0.461. The third-order valence-corrected chi connectivity index (χ3v) is 5.11. The zero-order chi connectivity index (χ0) is 17.1. The Bertz CT molecular complexity index is 585. The van der Waals surface area contributed by atoms with Crippen LogP contribution in [0.25, 0.3) is 0 Å². The Hall–Kier alpha value is -1.60. The van der Waals surface area contributed by atoms with Crippen LogP contribution in [0.2, 0.25) is 0 Å². The lowest BCUT2D eigenvalue weighted by Gasteiger charge is -2.33. The second-order valence-corrected chi connectivity index (χ2v) is 6.83. The van der Waals surface area contributed by atoms with Crippen LogP contribution in [0.15, 0.2) is 6.20 Å². The Labute approximate surface area is 137 Å². The number of fused-ring (bicyclic) bond motifs is 1. The predicted octanol–water partition coefficient (Wildman–Crippen LogP) is 0.489. The lowest BCUT2D eigenvalue weighted by molar-refractivity contribution is -0.126. The molecule has 0 aromatic carbocycles. The molecule has 0 fully saturated rings. The van der Waals surface area contributed by atoms with Crippen LogP contribution in [-0.2, 0) is 22.6 Å². The lowest BCUT2D eigenvalue weighted by Crippen LogP contribution is -2.57. The van der Waals surface area contributed by atoms with E-state index >= 15 is 0 Å². The summed E-state index contributed by atoms with van der Waals surface area (Å²) in [4.78, 5) is 24.8. The smallest absolute Gasteiger partial charge is 0.166 e. The maximum Gasteiger partial charge on any atom is 0.166 e. The Morgan fingerprint density at radius 3 is 2.78 bits per heavy atom. The average Bonchev–Trinajstić information content (AvgIpc) is 2.94. The summed E-state index contributed by atoms with van der Waals surface area (Å²) in [6.45, 7) is 6.22. The molecule has 128 valence electrons. The van der Waals surface area contributed by atoms with Gasteiger partial charge >= 0.3 is 0 Å². The summed E-state index contributed by atoms with van der Waals surface area (Å²) in [5.74, 6) is 0.0842. The fraction of sp³-hybridized carbons (Fsp3) is 0.750. The van der Waals surface area contributed by atoms with E-state index in [2.05, 4.69) is 20.9 Å². The van der Waals surface area contributed by atoms with Gasteiger partial charge in [0, 0.05) is 13.0 Å². The van der Waals surface area contributed by atoms with Gasteiger partial charge in [-0.15, -0.1) is 5.10 Å². The monoisotopic (exact) mass is 321 g/mol. The van der Waals surface area contributed by atoms with Crippen molar-refractivity contribution in [3.8, 4) is 0 Å². The maximum absolute atomic E-state index is 12.6. The zero-order valence-electron chi connectivity index (χ0n) is 14.5. The number of carbonyl (C=O) groups excluding carboxylic acids is 2. The molecule has 0 aliphatic carbocycles. The highest BCUT2D eigenvalue weighted by molar-refractivity contribution is 5.91. The third kappa shape index (κ3) is 3.84. The van der Waals surface area contributed by atoms with Gasteiger partial charge in [0.2, 0.25) is 0 Å². The quantitative estimate of drug-likeness (QED) is 0.824. The molecule has 1 aromatic rings. The van der Waals surface area contributed by atoms with Gasteiger partial charge in [0.1, 0.15) is 5.78 Å². The summed E-state index contributed by atoms with van der Waals surface area (Å²) >= 11 is 0. The van der Waals surface area contributed by atoms with Gasteiger partial charge in [-0.2, -0.15) is 0 Å². The minimum atomic E-state index is -0.803. The molecule has 0 spiro atoms. The molecule has 0 saturated heterocycles. The first kappa shape index (κ1) is 17.7. The van der Waals surface area contributed by atoms with Gasteiger partial charge in [0.05, 0.1) is 29.5 Å². The van der Waals surface area contributed by atoms with Crippen LogP contribution in [0.5, 0.6) is 0 Å². The van der Waals surface area contributed by atoms with Gasteiger partial charge in [0.15, 0.2) is 5.78 Å². The summed E-state index contributed by atoms with van der Waals surface area (Å²) < 4.78 is 1.86. The second kappa shape index (κ2) is 6.88. The molecule has 7 heteroatoms. The van der Waals surface area contributed by atoms with E-state index in [9.17, 15) is 9.59 Å². The van der Waals surface area contributed by atoms with Crippen LogP contribution in [0, 0.1) is 0 Å². The topological polar surface area (TPSA) is 88.9 Å². The van der Waals surface area contributed by atoms with Crippen molar-refractivity contribution in [3.05, 3.63) is 11.9 Å². The van der Waals surface area contributed by atoms with E-state index in [4.69, 9.17) is 0 Å². The van der Waals surface area contributed by atoms with Crippen molar-refractivity contribution >= 4 is 11.6 Å². The van der Waals surface area contributed by atoms with E-state index in [0.29, 0.717) is 6.42 Å². The summed E-state index contributed by atoms with van der Waals surface area (Å²) in [7, 11) is 1.81. The number of rotatable bonds is 2. The second-order valence-electron chi connectivity index (χ2n) is 6.83. The Balaban J connectivity index is 2.30. The summed E-state index contributed by atoms with van der Waals surface area (Å²) in [6.07, 6.45) is 4.77.